The summed E-state index contributed by atoms with van der Waals surface area (Å²) in [5.74, 6) is -0.244. The SMILES string of the molecule is Cc1cn([C@@H]2C[C@H]3OP(=O)(O)SC[C@H]4O[C@@H](n5cc(C)c(=O)[nH]c5=O)C[C@@H]4OP(=O)(O)OC[C@@H]3O2)c(=O)[nH]c1=O. The van der Waals surface area contributed by atoms with Crippen LogP contribution in [0.15, 0.2) is 31.6 Å². The second-order valence-corrected chi connectivity index (χ2v) is 14.8. The number of aromatic nitrogens is 4. The Kier molecular flexibility index (Phi) is 8.04. The highest BCUT2D eigenvalue weighted by Crippen LogP contribution is 2.60. The van der Waals surface area contributed by atoms with Crippen LogP contribution in [0.1, 0.15) is 36.4 Å². The molecule has 0 saturated carbocycles. The van der Waals surface area contributed by atoms with Gasteiger partial charge in [0.15, 0.2) is 0 Å². The summed E-state index contributed by atoms with van der Waals surface area (Å²) in [5, 5.41) is 0. The average molecular weight is 624 g/mol. The summed E-state index contributed by atoms with van der Waals surface area (Å²) in [6.07, 6.45) is -4.30. The fraction of sp³-hybridized carbons (Fsp3) is 0.600. The summed E-state index contributed by atoms with van der Waals surface area (Å²) in [7, 11) is -4.77. The molecule has 0 aliphatic carbocycles. The monoisotopic (exact) mass is 624 g/mol. The molecule has 40 heavy (non-hydrogen) atoms. The van der Waals surface area contributed by atoms with Crippen molar-refractivity contribution in [3.05, 3.63) is 65.2 Å². The van der Waals surface area contributed by atoms with Crippen molar-refractivity contribution in [2.75, 3.05) is 12.4 Å². The van der Waals surface area contributed by atoms with Gasteiger partial charge in [0.1, 0.15) is 30.8 Å². The largest absolute Gasteiger partial charge is 0.472 e. The lowest BCUT2D eigenvalue weighted by molar-refractivity contribution is -0.0476. The number of aromatic amines is 2. The predicted molar refractivity (Wildman–Crippen MR) is 137 cm³/mol. The fourth-order valence-electron chi connectivity index (χ4n) is 4.60. The van der Waals surface area contributed by atoms with E-state index in [4.69, 9.17) is 23.0 Å². The van der Waals surface area contributed by atoms with E-state index in [2.05, 4.69) is 9.97 Å². The lowest BCUT2D eigenvalue weighted by atomic mass is 10.2. The van der Waals surface area contributed by atoms with Crippen LogP contribution in [-0.2, 0) is 32.2 Å². The first kappa shape index (κ1) is 29.4. The minimum atomic E-state index is -4.77. The lowest BCUT2D eigenvalue weighted by Gasteiger charge is -2.26. The Morgan fingerprint density at radius 2 is 1.32 bits per heavy atom. The van der Waals surface area contributed by atoms with E-state index in [-0.39, 0.29) is 29.7 Å². The average Bonchev–Trinajstić information content (AvgIpc) is 3.43. The number of rotatable bonds is 2. The second-order valence-electron chi connectivity index (χ2n) is 9.50. The molecule has 0 radical (unpaired) electrons. The van der Waals surface area contributed by atoms with Gasteiger partial charge in [-0.3, -0.25) is 42.3 Å². The second kappa shape index (κ2) is 10.9. The molecule has 3 saturated heterocycles. The van der Waals surface area contributed by atoms with E-state index in [1.165, 1.54) is 26.2 Å². The minimum absolute atomic E-state index is 0.125. The quantitative estimate of drug-likeness (QED) is 0.323. The van der Waals surface area contributed by atoms with Gasteiger partial charge in [0, 0.05) is 42.1 Å². The summed E-state index contributed by atoms with van der Waals surface area (Å²) in [6, 6.07) is 0. The van der Waals surface area contributed by atoms with Gasteiger partial charge in [-0.25, -0.2) is 18.7 Å². The lowest BCUT2D eigenvalue weighted by Crippen LogP contribution is -2.33. The van der Waals surface area contributed by atoms with Gasteiger partial charge in [-0.15, -0.1) is 0 Å². The molecule has 2 unspecified atom stereocenters. The molecule has 0 aromatic carbocycles. The highest BCUT2D eigenvalue weighted by Gasteiger charge is 2.47. The van der Waals surface area contributed by atoms with Crippen molar-refractivity contribution >= 4 is 26.0 Å². The van der Waals surface area contributed by atoms with Crippen LogP contribution >= 0.6 is 26.0 Å². The van der Waals surface area contributed by atoms with Gasteiger partial charge in [0.25, 0.3) is 11.1 Å². The van der Waals surface area contributed by atoms with Gasteiger partial charge in [-0.05, 0) is 25.2 Å². The third-order valence-corrected chi connectivity index (χ3v) is 10.7. The molecule has 0 spiro atoms. The van der Waals surface area contributed by atoms with Gasteiger partial charge < -0.3 is 19.3 Å². The Morgan fingerprint density at radius 3 is 1.88 bits per heavy atom. The predicted octanol–water partition coefficient (Wildman–Crippen LogP) is 0.0132. The van der Waals surface area contributed by atoms with Crippen molar-refractivity contribution in [1.82, 2.24) is 19.1 Å². The molecule has 5 rings (SSSR count). The summed E-state index contributed by atoms with van der Waals surface area (Å²) in [5.41, 5.74) is -2.30. The van der Waals surface area contributed by atoms with Crippen LogP contribution in [0.2, 0.25) is 0 Å². The van der Waals surface area contributed by atoms with Crippen molar-refractivity contribution in [3.8, 4) is 0 Å². The first-order valence-electron chi connectivity index (χ1n) is 12.0. The van der Waals surface area contributed by atoms with E-state index in [0.29, 0.717) is 11.4 Å². The zero-order valence-electron chi connectivity index (χ0n) is 21.0. The van der Waals surface area contributed by atoms with Crippen LogP contribution < -0.4 is 22.5 Å². The topological polar surface area (TPSA) is 230 Å². The first-order valence-corrected chi connectivity index (χ1v) is 16.6. The van der Waals surface area contributed by atoms with Crippen LogP contribution in [0.25, 0.3) is 0 Å². The van der Waals surface area contributed by atoms with E-state index < -0.39 is 80.6 Å². The molecule has 8 atom stereocenters. The Hall–Kier alpha value is -2.11. The van der Waals surface area contributed by atoms with Crippen molar-refractivity contribution in [2.24, 2.45) is 0 Å². The van der Waals surface area contributed by atoms with Gasteiger partial charge in [-0.1, -0.05) is 0 Å². The van der Waals surface area contributed by atoms with E-state index in [0.717, 1.165) is 9.13 Å². The Labute approximate surface area is 228 Å². The highest BCUT2D eigenvalue weighted by atomic mass is 32.7. The zero-order chi connectivity index (χ0) is 29.0. The summed E-state index contributed by atoms with van der Waals surface area (Å²) < 4.78 is 55.6. The zero-order valence-corrected chi connectivity index (χ0v) is 23.6. The van der Waals surface area contributed by atoms with Crippen molar-refractivity contribution in [1.29, 1.82) is 0 Å². The van der Waals surface area contributed by atoms with E-state index >= 15 is 0 Å². The molecule has 20 heteroatoms. The molecular formula is C20H26N4O13P2S. The molecule has 2 aromatic heterocycles. The molecule has 17 nitrogen and oxygen atoms in total. The fourth-order valence-corrected chi connectivity index (χ4v) is 8.34. The molecule has 220 valence electrons. The van der Waals surface area contributed by atoms with Gasteiger partial charge >= 0.3 is 26.0 Å². The first-order chi connectivity index (χ1) is 18.7. The third kappa shape index (κ3) is 6.21. The van der Waals surface area contributed by atoms with E-state index in [9.17, 15) is 38.1 Å². The van der Waals surface area contributed by atoms with Gasteiger partial charge in [0.2, 0.25) is 0 Å². The third-order valence-electron chi connectivity index (χ3n) is 6.61. The Balaban J connectivity index is 1.38. The number of phosphoric ester groups is 1. The maximum Gasteiger partial charge on any atom is 0.472 e. The maximum atomic E-state index is 13.0. The van der Waals surface area contributed by atoms with E-state index in [1.807, 2.05) is 0 Å². The molecule has 3 aliphatic heterocycles. The Morgan fingerprint density at radius 1 is 0.825 bits per heavy atom. The number of H-pyrrole nitrogens is 2. The molecule has 4 N–H and O–H groups in total. The minimum Gasteiger partial charge on any atom is -0.351 e. The number of fused-ring (bicyclic) bond motifs is 2. The van der Waals surface area contributed by atoms with Crippen molar-refractivity contribution in [2.45, 2.75) is 63.6 Å². The summed E-state index contributed by atoms with van der Waals surface area (Å²) >= 11 is 0.485. The highest BCUT2D eigenvalue weighted by molar-refractivity contribution is 8.54. The molecule has 2 aromatic rings. The summed E-state index contributed by atoms with van der Waals surface area (Å²) in [4.78, 5) is 73.5. The molecule has 5 heterocycles. The van der Waals surface area contributed by atoms with Crippen molar-refractivity contribution in [3.63, 3.8) is 0 Å². The van der Waals surface area contributed by atoms with Gasteiger partial charge in [0.05, 0.1) is 12.7 Å². The summed E-state index contributed by atoms with van der Waals surface area (Å²) in [6.45, 7) is -2.06. The number of hydrogen-bond acceptors (Lipinski definition) is 12. The molecule has 3 fully saturated rings. The standard InChI is InChI=1S/C20H26N4O13P2S/c1-9-5-23(19(27)21-17(9)25)15-3-11-13(34-15)7-33-38(29,30)36-12-4-16(24-6-10(2)18(26)22-20(24)28)35-14(12)8-40-39(31,32)37-11/h5-6,11-16H,3-4,7-8H2,1-2H3,(H,29,30)(H,31,32)(H,21,25,27)(H,22,26,28)/t11-,12+,13+,14-,15+,16-/m1/s1. The van der Waals surface area contributed by atoms with Gasteiger partial charge in [-0.2, -0.15) is 0 Å². The van der Waals surface area contributed by atoms with Crippen LogP contribution in [-0.4, -0.2) is 65.7 Å². The maximum absolute atomic E-state index is 13.0. The van der Waals surface area contributed by atoms with Crippen LogP contribution in [0.5, 0.6) is 0 Å². The molecule has 0 bridgehead atoms. The number of nitrogens with one attached hydrogen (secondary N) is 2. The van der Waals surface area contributed by atoms with Crippen LogP contribution in [0.4, 0.5) is 0 Å². The molecule has 0 amide bonds. The van der Waals surface area contributed by atoms with Crippen LogP contribution in [0, 0.1) is 13.8 Å². The molecular weight excluding hydrogens is 598 g/mol. The number of ether oxygens (including phenoxy) is 2. The smallest absolute Gasteiger partial charge is 0.351 e. The Bertz CT molecular complexity index is 1520. The van der Waals surface area contributed by atoms with E-state index in [1.54, 1.807) is 0 Å². The molecule has 3 aliphatic rings. The number of phosphoric acid groups is 1. The van der Waals surface area contributed by atoms with Crippen molar-refractivity contribution < 1.29 is 42.0 Å². The number of hydrogen-bond donors (Lipinski definition) is 4. The number of aryl methyl sites for hydroxylation is 2. The van der Waals surface area contributed by atoms with Crippen LogP contribution in [0.3, 0.4) is 0 Å². The number of nitrogens with zero attached hydrogens (tertiary/aromatic N) is 2. The normalized spacial score (nSPS) is 36.8.